The minimum Gasteiger partial charge on any atom is -0.493 e. The van der Waals surface area contributed by atoms with Crippen molar-refractivity contribution in [3.05, 3.63) is 71.2 Å². The molecule has 0 atom stereocenters. The van der Waals surface area contributed by atoms with Crippen molar-refractivity contribution in [2.75, 3.05) is 21.2 Å². The number of aliphatic imine (C=N–C) groups is 2. The van der Waals surface area contributed by atoms with Crippen LogP contribution in [0.4, 0.5) is 0 Å². The van der Waals surface area contributed by atoms with E-state index in [9.17, 15) is 9.59 Å². The Morgan fingerprint density at radius 1 is 1.00 bits per heavy atom. The number of methoxy groups -OCH3 is 1. The van der Waals surface area contributed by atoms with Crippen molar-refractivity contribution in [2.45, 2.75) is 6.92 Å². The molecule has 2 N–H and O–H groups in total. The molecule has 0 aliphatic carbocycles. The number of amides is 1. The van der Waals surface area contributed by atoms with Gasteiger partial charge in [-0.2, -0.15) is 0 Å². The first-order valence-corrected chi connectivity index (χ1v) is 8.97. The van der Waals surface area contributed by atoms with Gasteiger partial charge in [0.15, 0.2) is 23.0 Å². The van der Waals surface area contributed by atoms with E-state index in [4.69, 9.17) is 15.2 Å². The Kier molecular flexibility index (Phi) is 7.46. The van der Waals surface area contributed by atoms with Crippen LogP contribution in [0.5, 0.6) is 11.5 Å². The third-order valence-corrected chi connectivity index (χ3v) is 4.11. The number of nitrogens with zero attached hydrogens (tertiary/aromatic N) is 3. The van der Waals surface area contributed by atoms with Gasteiger partial charge in [-0.05, 0) is 43.5 Å². The number of carbonyl (C=O) groups excluding carboxylic acids is 2. The number of carbonyl (C=O) groups is 2. The maximum Gasteiger partial charge on any atom is 0.366 e. The number of ether oxygens (including phenoxy) is 2. The number of para-hydroxylation sites is 2. The fraction of sp³-hybridized carbons (Fsp3) is 0.182. The van der Waals surface area contributed by atoms with Gasteiger partial charge in [-0.1, -0.05) is 24.3 Å². The van der Waals surface area contributed by atoms with Crippen LogP contribution in [0.25, 0.3) is 0 Å². The van der Waals surface area contributed by atoms with Crippen LogP contribution in [0, 0.1) is 0 Å². The summed E-state index contributed by atoms with van der Waals surface area (Å²) in [5.74, 6) is -0.482. The van der Waals surface area contributed by atoms with Gasteiger partial charge in [-0.3, -0.25) is 4.79 Å². The van der Waals surface area contributed by atoms with Crippen molar-refractivity contribution in [1.29, 1.82) is 0 Å². The molecule has 0 bridgehead atoms. The molecule has 0 aliphatic rings. The van der Waals surface area contributed by atoms with Crippen LogP contribution in [0.1, 0.15) is 22.8 Å². The highest BCUT2D eigenvalue weighted by atomic mass is 16.6. The normalized spacial score (nSPS) is 11.9. The molecule has 8 heteroatoms. The van der Waals surface area contributed by atoms with Crippen LogP contribution >= 0.6 is 0 Å². The molecule has 0 radical (unpaired) electrons. The lowest BCUT2D eigenvalue weighted by Crippen LogP contribution is -2.21. The van der Waals surface area contributed by atoms with Crippen LogP contribution in [-0.2, 0) is 4.79 Å². The largest absolute Gasteiger partial charge is 0.493 e. The van der Waals surface area contributed by atoms with E-state index < -0.39 is 5.97 Å². The minimum absolute atomic E-state index is 0.114. The molecule has 0 fully saturated rings. The Labute approximate surface area is 175 Å². The highest BCUT2D eigenvalue weighted by Gasteiger charge is 2.19. The summed E-state index contributed by atoms with van der Waals surface area (Å²) in [4.78, 5) is 34.1. The smallest absolute Gasteiger partial charge is 0.366 e. The highest BCUT2D eigenvalue weighted by molar-refractivity contribution is 6.04. The lowest BCUT2D eigenvalue weighted by atomic mass is 10.1. The Morgan fingerprint density at radius 2 is 1.57 bits per heavy atom. The quantitative estimate of drug-likeness (QED) is 0.328. The zero-order valence-electron chi connectivity index (χ0n) is 17.4. The van der Waals surface area contributed by atoms with Crippen LogP contribution in [0.3, 0.4) is 0 Å². The molecule has 2 aromatic rings. The Morgan fingerprint density at radius 3 is 2.10 bits per heavy atom. The van der Waals surface area contributed by atoms with Crippen molar-refractivity contribution >= 4 is 24.3 Å². The first-order valence-electron chi connectivity index (χ1n) is 8.97. The molecular weight excluding hydrogens is 384 g/mol. The van der Waals surface area contributed by atoms with E-state index in [0.717, 1.165) is 0 Å². The zero-order valence-corrected chi connectivity index (χ0v) is 17.4. The van der Waals surface area contributed by atoms with Gasteiger partial charge in [0.05, 0.1) is 7.11 Å². The minimum atomic E-state index is -0.803. The second-order valence-electron chi connectivity index (χ2n) is 6.41. The van der Waals surface area contributed by atoms with E-state index in [1.807, 2.05) is 0 Å². The van der Waals surface area contributed by atoms with Gasteiger partial charge >= 0.3 is 5.97 Å². The maximum atomic E-state index is 12.7. The van der Waals surface area contributed by atoms with Gasteiger partial charge in [-0.25, -0.2) is 14.8 Å². The molecule has 8 nitrogen and oxygen atoms in total. The second kappa shape index (κ2) is 10.0. The maximum absolute atomic E-state index is 12.7. The third kappa shape index (κ3) is 5.32. The molecule has 30 heavy (non-hydrogen) atoms. The summed E-state index contributed by atoms with van der Waals surface area (Å²) in [5, 5.41) is 0. The summed E-state index contributed by atoms with van der Waals surface area (Å²) in [5.41, 5.74) is 7.35. The molecule has 2 aromatic carbocycles. The predicted molar refractivity (Wildman–Crippen MR) is 116 cm³/mol. The number of hydrogen-bond acceptors (Lipinski definition) is 7. The van der Waals surface area contributed by atoms with Gasteiger partial charge in [0.1, 0.15) is 0 Å². The molecule has 156 valence electrons. The first kappa shape index (κ1) is 22.4. The fourth-order valence-electron chi connectivity index (χ4n) is 2.48. The number of hydrogen-bond donors (Lipinski definition) is 1. The molecule has 0 unspecified atom stereocenters. The Hall–Kier alpha value is -3.94. The standard InChI is InChI=1S/C22H24N4O4/c1-14(15-10-12-16(13-11-15)21(27)26(3)4)25-19(20(23)24-2)22(28)30-18-9-7-6-8-17(18)29-5/h6-13H,2,23H2,1,3-5H3/b20-19-,25-14+. The number of benzene rings is 2. The fourth-order valence-corrected chi connectivity index (χ4v) is 2.48. The Bertz CT molecular complexity index is 1010. The topological polar surface area (TPSA) is 107 Å². The van der Waals surface area contributed by atoms with Crippen LogP contribution in [0.15, 0.2) is 70.0 Å². The Balaban J connectivity index is 2.33. The van der Waals surface area contributed by atoms with Crippen LogP contribution < -0.4 is 15.2 Å². The summed E-state index contributed by atoms with van der Waals surface area (Å²) in [6.07, 6.45) is 0. The first-order chi connectivity index (χ1) is 14.3. The van der Waals surface area contributed by atoms with Crippen LogP contribution in [0.2, 0.25) is 0 Å². The van der Waals surface area contributed by atoms with E-state index in [0.29, 0.717) is 22.6 Å². The van der Waals surface area contributed by atoms with E-state index in [1.165, 1.54) is 12.0 Å². The molecule has 2 rings (SSSR count). The van der Waals surface area contributed by atoms with Gasteiger partial charge in [0.25, 0.3) is 5.91 Å². The van der Waals surface area contributed by atoms with Gasteiger partial charge in [0, 0.05) is 25.4 Å². The third-order valence-electron chi connectivity index (χ3n) is 4.11. The van der Waals surface area contributed by atoms with Crippen molar-refractivity contribution in [3.63, 3.8) is 0 Å². The van der Waals surface area contributed by atoms with Crippen molar-refractivity contribution in [3.8, 4) is 11.5 Å². The molecular formula is C22H24N4O4. The van der Waals surface area contributed by atoms with E-state index >= 15 is 0 Å². The number of esters is 1. The average molecular weight is 408 g/mol. The summed E-state index contributed by atoms with van der Waals surface area (Å²) in [7, 11) is 4.83. The van der Waals surface area contributed by atoms with E-state index in [-0.39, 0.29) is 23.2 Å². The van der Waals surface area contributed by atoms with Crippen molar-refractivity contribution in [2.24, 2.45) is 15.7 Å². The summed E-state index contributed by atoms with van der Waals surface area (Å²) < 4.78 is 10.6. The number of rotatable bonds is 7. The van der Waals surface area contributed by atoms with Crippen molar-refractivity contribution in [1.82, 2.24) is 4.90 Å². The molecule has 0 saturated heterocycles. The second-order valence-corrected chi connectivity index (χ2v) is 6.41. The SMILES string of the molecule is C=N/C(N)=C(\N=C(/C)c1ccc(C(=O)N(C)C)cc1)C(=O)Oc1ccccc1OC. The van der Waals surface area contributed by atoms with Gasteiger partial charge in [-0.15, -0.1) is 0 Å². The van der Waals surface area contributed by atoms with Gasteiger partial charge in [0.2, 0.25) is 0 Å². The monoisotopic (exact) mass is 408 g/mol. The molecule has 0 heterocycles. The summed E-state index contributed by atoms with van der Waals surface area (Å²) >= 11 is 0. The zero-order chi connectivity index (χ0) is 22.3. The molecule has 0 spiro atoms. The lowest BCUT2D eigenvalue weighted by Gasteiger charge is -2.11. The molecule has 0 saturated carbocycles. The van der Waals surface area contributed by atoms with Gasteiger partial charge < -0.3 is 20.1 Å². The molecule has 0 aliphatic heterocycles. The lowest BCUT2D eigenvalue weighted by molar-refractivity contribution is -0.130. The van der Waals surface area contributed by atoms with Crippen molar-refractivity contribution < 1.29 is 19.1 Å². The van der Waals surface area contributed by atoms with Crippen LogP contribution in [-0.4, -0.2) is 50.4 Å². The highest BCUT2D eigenvalue weighted by Crippen LogP contribution is 2.27. The molecule has 1 amide bonds. The van der Waals surface area contributed by atoms with E-state index in [1.54, 1.807) is 69.6 Å². The van der Waals surface area contributed by atoms with E-state index in [2.05, 4.69) is 16.7 Å². The predicted octanol–water partition coefficient (Wildman–Crippen LogP) is 2.64. The number of nitrogens with two attached hydrogens (primary N) is 1. The summed E-state index contributed by atoms with van der Waals surface area (Å²) in [6.45, 7) is 5.06. The summed E-state index contributed by atoms with van der Waals surface area (Å²) in [6, 6.07) is 13.5. The molecule has 0 aromatic heterocycles. The average Bonchev–Trinajstić information content (AvgIpc) is 2.76.